The summed E-state index contributed by atoms with van der Waals surface area (Å²) in [5.74, 6) is 0.671. The molecule has 0 fully saturated rings. The van der Waals surface area contributed by atoms with E-state index >= 15 is 0 Å². The van der Waals surface area contributed by atoms with Crippen molar-refractivity contribution >= 4 is 44.9 Å². The lowest BCUT2D eigenvalue weighted by Crippen LogP contribution is -2.22. The zero-order valence-electron chi connectivity index (χ0n) is 20.4. The molecule has 1 N–H and O–H groups in total. The number of nitrogens with zero attached hydrogens (tertiary/aromatic N) is 2. The number of thioether (sulfide) groups is 1. The molecular formula is C29H25N3O3S2. The van der Waals surface area contributed by atoms with Crippen LogP contribution in [-0.4, -0.2) is 27.8 Å². The third-order valence-corrected chi connectivity index (χ3v) is 7.67. The minimum atomic E-state index is -0.185. The first-order valence-corrected chi connectivity index (χ1v) is 13.7. The fourth-order valence-corrected chi connectivity index (χ4v) is 6.02. The van der Waals surface area contributed by atoms with Gasteiger partial charge in [-0.05, 0) is 55.8 Å². The molecule has 0 saturated heterocycles. The van der Waals surface area contributed by atoms with E-state index in [2.05, 4.69) is 5.32 Å². The van der Waals surface area contributed by atoms with Gasteiger partial charge in [-0.1, -0.05) is 60.3 Å². The van der Waals surface area contributed by atoms with Crippen LogP contribution in [0.3, 0.4) is 0 Å². The summed E-state index contributed by atoms with van der Waals surface area (Å²) in [6.45, 7) is 4.52. The molecule has 1 amide bonds. The van der Waals surface area contributed by atoms with E-state index in [1.54, 1.807) is 16.7 Å². The minimum Gasteiger partial charge on any atom is -0.494 e. The van der Waals surface area contributed by atoms with Crippen molar-refractivity contribution in [3.63, 3.8) is 0 Å². The van der Waals surface area contributed by atoms with Gasteiger partial charge in [0.2, 0.25) is 5.91 Å². The molecule has 2 heterocycles. The molecule has 2 aromatic heterocycles. The maximum atomic E-state index is 14.0. The zero-order chi connectivity index (χ0) is 25.8. The first-order chi connectivity index (χ1) is 18.0. The van der Waals surface area contributed by atoms with E-state index < -0.39 is 0 Å². The van der Waals surface area contributed by atoms with Gasteiger partial charge in [0.1, 0.15) is 10.6 Å². The normalized spacial score (nSPS) is 11.0. The number of aryl methyl sites for hydroxylation is 1. The van der Waals surface area contributed by atoms with E-state index in [1.807, 2.05) is 86.6 Å². The van der Waals surface area contributed by atoms with Crippen molar-refractivity contribution in [3.05, 3.63) is 100 Å². The number of amides is 1. The second-order valence-corrected chi connectivity index (χ2v) is 10.4. The first-order valence-electron chi connectivity index (χ1n) is 11.9. The molecule has 0 unspecified atom stereocenters. The van der Waals surface area contributed by atoms with Gasteiger partial charge in [0, 0.05) is 16.1 Å². The van der Waals surface area contributed by atoms with Gasteiger partial charge in [0.15, 0.2) is 5.16 Å². The zero-order valence-corrected chi connectivity index (χ0v) is 22.1. The van der Waals surface area contributed by atoms with E-state index in [4.69, 9.17) is 9.72 Å². The molecule has 0 aliphatic heterocycles. The van der Waals surface area contributed by atoms with Gasteiger partial charge in [-0.15, -0.1) is 11.3 Å². The molecule has 0 spiro atoms. The Balaban J connectivity index is 1.49. The number of rotatable bonds is 8. The molecule has 5 aromatic rings. The Morgan fingerprint density at radius 3 is 2.35 bits per heavy atom. The van der Waals surface area contributed by atoms with Crippen molar-refractivity contribution in [2.45, 2.75) is 19.0 Å². The van der Waals surface area contributed by atoms with Gasteiger partial charge in [0.25, 0.3) is 5.56 Å². The fraction of sp³-hybridized carbons (Fsp3) is 0.138. The van der Waals surface area contributed by atoms with Crippen molar-refractivity contribution in [2.24, 2.45) is 0 Å². The second kappa shape index (κ2) is 11.0. The summed E-state index contributed by atoms with van der Waals surface area (Å²) >= 11 is 2.74. The van der Waals surface area contributed by atoms with Crippen molar-refractivity contribution in [2.75, 3.05) is 17.7 Å². The number of thiophene rings is 1. The number of nitrogens with one attached hydrogen (secondary N) is 1. The highest BCUT2D eigenvalue weighted by atomic mass is 32.2. The van der Waals surface area contributed by atoms with Crippen LogP contribution < -0.4 is 15.6 Å². The lowest BCUT2D eigenvalue weighted by atomic mass is 10.0. The third kappa shape index (κ3) is 5.30. The number of hydrogen-bond donors (Lipinski definition) is 1. The molecule has 0 atom stereocenters. The second-order valence-electron chi connectivity index (χ2n) is 8.24. The minimum absolute atomic E-state index is 0.105. The van der Waals surface area contributed by atoms with Gasteiger partial charge < -0.3 is 10.1 Å². The predicted octanol–water partition coefficient (Wildman–Crippen LogP) is 6.55. The van der Waals surface area contributed by atoms with Crippen molar-refractivity contribution in [1.82, 2.24) is 9.55 Å². The van der Waals surface area contributed by atoms with Gasteiger partial charge in [-0.3, -0.25) is 14.2 Å². The molecule has 0 aliphatic carbocycles. The maximum absolute atomic E-state index is 14.0. The Hall–Kier alpha value is -3.88. The number of anilines is 1. The quantitative estimate of drug-likeness (QED) is 0.183. The molecule has 186 valence electrons. The monoisotopic (exact) mass is 527 g/mol. The number of benzene rings is 3. The largest absolute Gasteiger partial charge is 0.494 e. The van der Waals surface area contributed by atoms with Crippen LogP contribution in [0, 0.1) is 6.92 Å². The Morgan fingerprint density at radius 2 is 1.68 bits per heavy atom. The first kappa shape index (κ1) is 24.8. The summed E-state index contributed by atoms with van der Waals surface area (Å²) in [5.41, 5.74) is 3.14. The van der Waals surface area contributed by atoms with Crippen LogP contribution in [-0.2, 0) is 4.79 Å². The molecule has 6 nitrogen and oxygen atoms in total. The summed E-state index contributed by atoms with van der Waals surface area (Å²) < 4.78 is 7.06. The van der Waals surface area contributed by atoms with Crippen LogP contribution in [0.25, 0.3) is 27.0 Å². The number of carbonyl (C=O) groups excluding carboxylic acids is 1. The van der Waals surface area contributed by atoms with Crippen molar-refractivity contribution in [3.8, 4) is 22.6 Å². The number of carbonyl (C=O) groups is 1. The van der Waals surface area contributed by atoms with Gasteiger partial charge in [-0.2, -0.15) is 0 Å². The van der Waals surface area contributed by atoms with E-state index in [-0.39, 0.29) is 17.2 Å². The lowest BCUT2D eigenvalue weighted by Gasteiger charge is -2.13. The SMILES string of the molecule is CCOc1ccc(NC(=O)CSc2nc3sc(C)c(-c4ccccc4)c3c(=O)n2-c2ccccc2)cc1. The van der Waals surface area contributed by atoms with Gasteiger partial charge in [-0.25, -0.2) is 4.98 Å². The Labute approximate surface area is 223 Å². The van der Waals surface area contributed by atoms with Crippen molar-refractivity contribution in [1.29, 1.82) is 0 Å². The highest BCUT2D eigenvalue weighted by molar-refractivity contribution is 7.99. The molecule has 0 saturated carbocycles. The summed E-state index contributed by atoms with van der Waals surface area (Å²) in [6, 6.07) is 26.6. The van der Waals surface area contributed by atoms with Crippen LogP contribution in [0.15, 0.2) is 94.9 Å². The van der Waals surface area contributed by atoms with Crippen LogP contribution in [0.4, 0.5) is 5.69 Å². The third-order valence-electron chi connectivity index (χ3n) is 5.73. The van der Waals surface area contributed by atoms with Crippen LogP contribution in [0.5, 0.6) is 5.75 Å². The topological polar surface area (TPSA) is 73.2 Å². The standard InChI is InChI=1S/C29H25N3O3S2/c1-3-35-23-16-14-21(15-17-23)30-24(33)18-36-29-31-27-26(28(34)32(29)22-12-8-5-9-13-22)25(19(2)37-27)20-10-6-4-7-11-20/h4-17H,3,18H2,1-2H3,(H,30,33). The molecule has 5 rings (SSSR count). The summed E-state index contributed by atoms with van der Waals surface area (Å²) in [7, 11) is 0. The molecule has 0 radical (unpaired) electrons. The summed E-state index contributed by atoms with van der Waals surface area (Å²) in [5, 5.41) is 3.98. The van der Waals surface area contributed by atoms with Crippen LogP contribution >= 0.6 is 23.1 Å². The molecule has 0 bridgehead atoms. The maximum Gasteiger partial charge on any atom is 0.268 e. The smallest absolute Gasteiger partial charge is 0.268 e. The van der Waals surface area contributed by atoms with E-state index in [9.17, 15) is 9.59 Å². The number of hydrogen-bond acceptors (Lipinski definition) is 6. The molecule has 37 heavy (non-hydrogen) atoms. The Morgan fingerprint density at radius 1 is 1.00 bits per heavy atom. The van der Waals surface area contributed by atoms with Gasteiger partial charge in [0.05, 0.1) is 23.4 Å². The average molecular weight is 528 g/mol. The van der Waals surface area contributed by atoms with E-state index in [0.717, 1.165) is 21.8 Å². The van der Waals surface area contributed by atoms with Crippen molar-refractivity contribution < 1.29 is 9.53 Å². The Bertz CT molecular complexity index is 1600. The average Bonchev–Trinajstić information content (AvgIpc) is 3.26. The fourth-order valence-electron chi connectivity index (χ4n) is 4.13. The van der Waals surface area contributed by atoms with Gasteiger partial charge >= 0.3 is 0 Å². The highest BCUT2D eigenvalue weighted by Gasteiger charge is 2.21. The predicted molar refractivity (Wildman–Crippen MR) is 152 cm³/mol. The number of ether oxygens (including phenoxy) is 1. The summed E-state index contributed by atoms with van der Waals surface area (Å²) in [4.78, 5) is 33.3. The molecular weight excluding hydrogens is 502 g/mol. The number of para-hydroxylation sites is 1. The number of aromatic nitrogens is 2. The van der Waals surface area contributed by atoms with E-state index in [0.29, 0.717) is 33.4 Å². The van der Waals surface area contributed by atoms with Crippen LogP contribution in [0.1, 0.15) is 11.8 Å². The van der Waals surface area contributed by atoms with E-state index in [1.165, 1.54) is 23.1 Å². The molecule has 0 aliphatic rings. The summed E-state index contributed by atoms with van der Waals surface area (Å²) in [6.07, 6.45) is 0. The Kier molecular flexibility index (Phi) is 7.39. The molecule has 3 aromatic carbocycles. The van der Waals surface area contributed by atoms with Crippen LogP contribution in [0.2, 0.25) is 0 Å². The highest BCUT2D eigenvalue weighted by Crippen LogP contribution is 2.37. The number of fused-ring (bicyclic) bond motifs is 1. The molecule has 8 heteroatoms. The lowest BCUT2D eigenvalue weighted by molar-refractivity contribution is -0.113.